The van der Waals surface area contributed by atoms with Crippen molar-refractivity contribution in [1.82, 2.24) is 5.32 Å². The lowest BCUT2D eigenvalue weighted by Gasteiger charge is -2.18. The van der Waals surface area contributed by atoms with Crippen LogP contribution in [0, 0.1) is 0 Å². The van der Waals surface area contributed by atoms with Crippen LogP contribution in [0.5, 0.6) is 11.5 Å². The molecule has 1 amide bonds. The van der Waals surface area contributed by atoms with Gasteiger partial charge in [-0.2, -0.15) is 0 Å². The van der Waals surface area contributed by atoms with E-state index in [9.17, 15) is 9.59 Å². The van der Waals surface area contributed by atoms with Gasteiger partial charge in [0.05, 0.1) is 5.56 Å². The van der Waals surface area contributed by atoms with Gasteiger partial charge in [0, 0.05) is 37.5 Å². The van der Waals surface area contributed by atoms with E-state index in [2.05, 4.69) is 5.32 Å². The molecule has 0 aromatic heterocycles. The van der Waals surface area contributed by atoms with E-state index in [0.717, 1.165) is 11.8 Å². The van der Waals surface area contributed by atoms with Crippen molar-refractivity contribution >= 4 is 12.7 Å². The number of amides is 1. The molecule has 0 bridgehead atoms. The number of para-hydroxylation sites is 2. The molecule has 0 radical (unpaired) electrons. The molecule has 7 heteroatoms. The number of rotatable bonds is 11. The van der Waals surface area contributed by atoms with Gasteiger partial charge in [0.25, 0.3) is 0 Å². The predicted octanol–water partition coefficient (Wildman–Crippen LogP) is 2.38. The highest BCUT2D eigenvalue weighted by Crippen LogP contribution is 2.40. The highest BCUT2D eigenvalue weighted by atomic mass is 16.7. The average molecular weight is 359 g/mol. The van der Waals surface area contributed by atoms with E-state index in [1.54, 1.807) is 12.1 Å². The second-order valence-electron chi connectivity index (χ2n) is 5.24. The summed E-state index contributed by atoms with van der Waals surface area (Å²) >= 11 is 0. The van der Waals surface area contributed by atoms with Crippen LogP contribution in [0.15, 0.2) is 36.4 Å². The summed E-state index contributed by atoms with van der Waals surface area (Å²) in [6.45, 7) is 0.323. The zero-order valence-electron chi connectivity index (χ0n) is 14.7. The molecule has 0 unspecified atom stereocenters. The zero-order chi connectivity index (χ0) is 18.8. The van der Waals surface area contributed by atoms with Gasteiger partial charge in [0.2, 0.25) is 6.41 Å². The van der Waals surface area contributed by atoms with Gasteiger partial charge in [-0.1, -0.05) is 30.3 Å². The first-order valence-electron chi connectivity index (χ1n) is 7.87. The fourth-order valence-electron chi connectivity index (χ4n) is 2.51. The maximum absolute atomic E-state index is 11.4. The van der Waals surface area contributed by atoms with Crippen molar-refractivity contribution in [3.8, 4) is 22.6 Å². The second kappa shape index (κ2) is 10.2. The summed E-state index contributed by atoms with van der Waals surface area (Å²) in [6, 6.07) is 10.8. The lowest BCUT2D eigenvalue weighted by molar-refractivity contribution is -0.109. The maximum atomic E-state index is 11.4. The Labute approximate surface area is 151 Å². The van der Waals surface area contributed by atoms with E-state index < -0.39 is 0 Å². The van der Waals surface area contributed by atoms with Crippen molar-refractivity contribution < 1.29 is 28.5 Å². The Morgan fingerprint density at radius 3 is 2.12 bits per heavy atom. The molecular weight excluding hydrogens is 338 g/mol. The van der Waals surface area contributed by atoms with E-state index >= 15 is 0 Å². The molecule has 2 aromatic rings. The van der Waals surface area contributed by atoms with Gasteiger partial charge < -0.3 is 24.3 Å². The van der Waals surface area contributed by atoms with Crippen LogP contribution in [-0.4, -0.2) is 40.5 Å². The van der Waals surface area contributed by atoms with Gasteiger partial charge in [-0.05, 0) is 6.07 Å². The summed E-state index contributed by atoms with van der Waals surface area (Å²) < 4.78 is 21.4. The van der Waals surface area contributed by atoms with Gasteiger partial charge in [0.15, 0.2) is 19.9 Å². The summed E-state index contributed by atoms with van der Waals surface area (Å²) in [6.07, 6.45) is 1.34. The molecular formula is C19H21NO6. The third kappa shape index (κ3) is 4.59. The molecule has 0 aliphatic heterocycles. The van der Waals surface area contributed by atoms with E-state index in [-0.39, 0.29) is 20.1 Å². The third-order valence-electron chi connectivity index (χ3n) is 3.58. The average Bonchev–Trinajstić information content (AvgIpc) is 2.68. The molecule has 0 saturated carbocycles. The molecule has 26 heavy (non-hydrogen) atoms. The van der Waals surface area contributed by atoms with Crippen molar-refractivity contribution in [3.63, 3.8) is 0 Å². The van der Waals surface area contributed by atoms with Crippen LogP contribution in [0.4, 0.5) is 0 Å². The molecule has 2 rings (SSSR count). The number of hydrogen-bond acceptors (Lipinski definition) is 6. The van der Waals surface area contributed by atoms with Crippen molar-refractivity contribution in [3.05, 3.63) is 47.5 Å². The summed E-state index contributed by atoms with van der Waals surface area (Å²) in [5, 5.41) is 2.62. The minimum atomic E-state index is -0.00149. The molecule has 0 atom stereocenters. The highest BCUT2D eigenvalue weighted by Gasteiger charge is 2.18. The van der Waals surface area contributed by atoms with Gasteiger partial charge in [-0.3, -0.25) is 9.59 Å². The van der Waals surface area contributed by atoms with Crippen molar-refractivity contribution in [2.45, 2.75) is 6.54 Å². The Kier molecular flexibility index (Phi) is 7.60. The van der Waals surface area contributed by atoms with Crippen LogP contribution in [-0.2, 0) is 20.8 Å². The molecule has 0 spiro atoms. The Hall–Kier alpha value is -2.90. The topological polar surface area (TPSA) is 83.1 Å². The predicted molar refractivity (Wildman–Crippen MR) is 95.2 cm³/mol. The van der Waals surface area contributed by atoms with Crippen LogP contribution in [0.25, 0.3) is 11.1 Å². The summed E-state index contributed by atoms with van der Waals surface area (Å²) in [7, 11) is 3.02. The lowest BCUT2D eigenvalue weighted by Crippen LogP contribution is -2.12. The molecule has 138 valence electrons. The first-order chi connectivity index (χ1) is 12.8. The first-order valence-corrected chi connectivity index (χ1v) is 7.87. The van der Waals surface area contributed by atoms with Gasteiger partial charge in [0.1, 0.15) is 11.5 Å². The van der Waals surface area contributed by atoms with Gasteiger partial charge >= 0.3 is 0 Å². The fraction of sp³-hybridized carbons (Fsp3) is 0.263. The molecule has 7 nitrogen and oxygen atoms in total. The van der Waals surface area contributed by atoms with E-state index in [1.165, 1.54) is 14.2 Å². The Bertz CT molecular complexity index is 747. The number of ether oxygens (including phenoxy) is 4. The van der Waals surface area contributed by atoms with Crippen LogP contribution < -0.4 is 14.8 Å². The van der Waals surface area contributed by atoms with E-state index in [0.29, 0.717) is 34.6 Å². The monoisotopic (exact) mass is 359 g/mol. The SMILES string of the molecule is COCOc1c(C=O)cccc1-c1cccc(CNC=O)c1OCOC. The van der Waals surface area contributed by atoms with Crippen LogP contribution >= 0.6 is 0 Å². The number of aldehydes is 1. The third-order valence-corrected chi connectivity index (χ3v) is 3.58. The number of hydrogen-bond donors (Lipinski definition) is 1. The summed E-state index contributed by atoms with van der Waals surface area (Å²) in [5.74, 6) is 0.932. The summed E-state index contributed by atoms with van der Waals surface area (Å²) in [4.78, 5) is 22.1. The smallest absolute Gasteiger partial charge is 0.207 e. The minimum Gasteiger partial charge on any atom is -0.467 e. The molecule has 0 fully saturated rings. The van der Waals surface area contributed by atoms with Crippen LogP contribution in [0.1, 0.15) is 15.9 Å². The largest absolute Gasteiger partial charge is 0.467 e. The number of carbonyl (C=O) groups is 2. The summed E-state index contributed by atoms with van der Waals surface area (Å²) in [5.41, 5.74) is 2.54. The molecule has 0 aliphatic carbocycles. The van der Waals surface area contributed by atoms with Crippen LogP contribution in [0.3, 0.4) is 0 Å². The fourth-order valence-corrected chi connectivity index (χ4v) is 2.51. The lowest BCUT2D eigenvalue weighted by atomic mass is 9.98. The molecule has 0 aliphatic rings. The highest BCUT2D eigenvalue weighted by molar-refractivity contribution is 5.88. The molecule has 0 saturated heterocycles. The first kappa shape index (κ1) is 19.4. The Morgan fingerprint density at radius 1 is 0.885 bits per heavy atom. The number of benzene rings is 2. The van der Waals surface area contributed by atoms with Crippen molar-refractivity contribution in [2.24, 2.45) is 0 Å². The minimum absolute atomic E-state index is 0.00149. The standard InChI is InChI=1S/C19H21NO6/c1-23-12-25-18-14(9-20-11-22)5-3-7-16(18)17-8-4-6-15(10-21)19(17)26-13-24-2/h3-8,10-11H,9,12-13H2,1-2H3,(H,20,22). The zero-order valence-corrected chi connectivity index (χ0v) is 14.7. The van der Waals surface area contributed by atoms with Crippen molar-refractivity contribution in [1.29, 1.82) is 0 Å². The van der Waals surface area contributed by atoms with E-state index in [1.807, 2.05) is 24.3 Å². The molecule has 2 aromatic carbocycles. The quantitative estimate of drug-likeness (QED) is 0.490. The number of methoxy groups -OCH3 is 2. The Balaban J connectivity index is 2.59. The van der Waals surface area contributed by atoms with Gasteiger partial charge in [-0.15, -0.1) is 0 Å². The van der Waals surface area contributed by atoms with Crippen molar-refractivity contribution in [2.75, 3.05) is 27.8 Å². The Morgan fingerprint density at radius 2 is 1.50 bits per heavy atom. The molecule has 0 heterocycles. The number of carbonyl (C=O) groups excluding carboxylic acids is 2. The van der Waals surface area contributed by atoms with E-state index in [4.69, 9.17) is 18.9 Å². The normalized spacial score (nSPS) is 10.2. The molecule has 1 N–H and O–H groups in total. The second-order valence-corrected chi connectivity index (χ2v) is 5.24. The number of nitrogens with one attached hydrogen (secondary N) is 1. The van der Waals surface area contributed by atoms with Crippen LogP contribution in [0.2, 0.25) is 0 Å². The maximum Gasteiger partial charge on any atom is 0.207 e. The van der Waals surface area contributed by atoms with Gasteiger partial charge in [-0.25, -0.2) is 0 Å².